The standard InChI is InChI=1S/C6H14B2N2/c7-9-4-6-2-1-5(9)3-10(6)8/h5-6H,1-4,7-8H2. The van der Waals surface area contributed by atoms with E-state index in [-0.39, 0.29) is 0 Å². The molecule has 54 valence electrons. The Balaban J connectivity index is 2.09. The highest BCUT2D eigenvalue weighted by Gasteiger charge is 2.33. The van der Waals surface area contributed by atoms with Crippen molar-refractivity contribution in [1.29, 1.82) is 0 Å². The van der Waals surface area contributed by atoms with Crippen LogP contribution in [0, 0.1) is 0 Å². The zero-order valence-corrected chi connectivity index (χ0v) is 6.88. The molecule has 0 radical (unpaired) electrons. The average molecular weight is 136 g/mol. The van der Waals surface area contributed by atoms with Gasteiger partial charge in [-0.15, -0.1) is 0 Å². The maximum Gasteiger partial charge on any atom is 0.185 e. The molecule has 2 atom stereocenters. The molecule has 0 saturated carbocycles. The maximum absolute atomic E-state index is 2.51. The third-order valence-corrected chi connectivity index (χ3v) is 3.08. The average Bonchev–Trinajstić information content (AvgIpc) is 1.91. The van der Waals surface area contributed by atoms with Crippen LogP contribution in [0.2, 0.25) is 0 Å². The Labute approximate surface area is 64.4 Å². The first kappa shape index (κ1) is 6.74. The molecule has 0 aromatic heterocycles. The number of fused-ring (bicyclic) bond motifs is 3. The molecular weight excluding hydrogens is 122 g/mol. The lowest BCUT2D eigenvalue weighted by Crippen LogP contribution is -2.60. The summed E-state index contributed by atoms with van der Waals surface area (Å²) >= 11 is 0. The van der Waals surface area contributed by atoms with Crippen molar-refractivity contribution in [1.82, 2.24) is 9.62 Å². The van der Waals surface area contributed by atoms with Crippen molar-refractivity contribution in [2.45, 2.75) is 24.9 Å². The van der Waals surface area contributed by atoms with E-state index in [0.717, 1.165) is 12.1 Å². The monoisotopic (exact) mass is 136 g/mol. The van der Waals surface area contributed by atoms with Gasteiger partial charge >= 0.3 is 0 Å². The van der Waals surface area contributed by atoms with Crippen LogP contribution in [0.3, 0.4) is 0 Å². The van der Waals surface area contributed by atoms with Crippen LogP contribution >= 0.6 is 0 Å². The van der Waals surface area contributed by atoms with Crippen molar-refractivity contribution in [2.24, 2.45) is 0 Å². The predicted molar refractivity (Wildman–Crippen MR) is 47.3 cm³/mol. The van der Waals surface area contributed by atoms with E-state index in [1.54, 1.807) is 0 Å². The molecule has 0 aliphatic carbocycles. The van der Waals surface area contributed by atoms with Gasteiger partial charge in [0.05, 0.1) is 0 Å². The van der Waals surface area contributed by atoms with Crippen LogP contribution in [0.5, 0.6) is 0 Å². The second kappa shape index (κ2) is 2.28. The van der Waals surface area contributed by atoms with Crippen molar-refractivity contribution in [2.75, 3.05) is 13.1 Å². The Morgan fingerprint density at radius 2 is 1.30 bits per heavy atom. The molecule has 0 spiro atoms. The quantitative estimate of drug-likeness (QED) is 0.363. The third-order valence-electron chi connectivity index (χ3n) is 3.08. The largest absolute Gasteiger partial charge is 0.344 e. The highest BCUT2D eigenvalue weighted by molar-refractivity contribution is 6.06. The van der Waals surface area contributed by atoms with E-state index in [1.807, 2.05) is 0 Å². The molecule has 2 bridgehead atoms. The molecule has 3 heterocycles. The highest BCUT2D eigenvalue weighted by atomic mass is 15.2. The minimum absolute atomic E-state index is 0.856. The van der Waals surface area contributed by atoms with Crippen LogP contribution in [0.4, 0.5) is 0 Å². The predicted octanol–water partition coefficient (Wildman–Crippen LogP) is -1.77. The number of piperidine rings is 2. The molecule has 3 saturated heterocycles. The number of hydrogen-bond donors (Lipinski definition) is 0. The summed E-state index contributed by atoms with van der Waals surface area (Å²) in [6.07, 6.45) is 2.84. The molecule has 3 fully saturated rings. The second-order valence-electron chi connectivity index (χ2n) is 3.76. The Hall–Kier alpha value is 0.0499. The first-order valence-corrected chi connectivity index (χ1v) is 4.18. The molecule has 3 aliphatic heterocycles. The summed E-state index contributed by atoms with van der Waals surface area (Å²) < 4.78 is 0. The van der Waals surface area contributed by atoms with Crippen LogP contribution in [0.1, 0.15) is 12.8 Å². The summed E-state index contributed by atoms with van der Waals surface area (Å²) in [5.74, 6) is 0. The zero-order chi connectivity index (χ0) is 7.14. The van der Waals surface area contributed by atoms with E-state index in [4.69, 9.17) is 0 Å². The van der Waals surface area contributed by atoms with E-state index >= 15 is 0 Å². The molecule has 2 unspecified atom stereocenters. The van der Waals surface area contributed by atoms with Gasteiger partial charge < -0.3 is 9.62 Å². The SMILES string of the molecule is BN1CC2CCC1CN2B. The van der Waals surface area contributed by atoms with Crippen LogP contribution in [-0.4, -0.2) is 50.8 Å². The van der Waals surface area contributed by atoms with Crippen LogP contribution in [0.25, 0.3) is 0 Å². The maximum atomic E-state index is 2.51. The second-order valence-corrected chi connectivity index (χ2v) is 3.76. The van der Waals surface area contributed by atoms with E-state index in [2.05, 4.69) is 25.6 Å². The fourth-order valence-corrected chi connectivity index (χ4v) is 2.25. The van der Waals surface area contributed by atoms with E-state index in [0.29, 0.717) is 0 Å². The summed E-state index contributed by atoms with van der Waals surface area (Å²) in [5, 5.41) is 0. The van der Waals surface area contributed by atoms with Crippen molar-refractivity contribution in [3.05, 3.63) is 0 Å². The van der Waals surface area contributed by atoms with Crippen molar-refractivity contribution < 1.29 is 0 Å². The summed E-state index contributed by atoms with van der Waals surface area (Å²) in [6, 6.07) is 1.71. The molecule has 0 amide bonds. The summed E-state index contributed by atoms with van der Waals surface area (Å²) in [5.41, 5.74) is 0. The molecule has 0 aromatic rings. The van der Waals surface area contributed by atoms with Crippen LogP contribution in [0.15, 0.2) is 0 Å². The molecule has 2 nitrogen and oxygen atoms in total. The normalized spacial score (nSPS) is 42.4. The summed E-state index contributed by atoms with van der Waals surface area (Å²) in [6.45, 7) is 2.59. The Morgan fingerprint density at radius 1 is 0.900 bits per heavy atom. The molecule has 3 aliphatic rings. The van der Waals surface area contributed by atoms with Crippen molar-refractivity contribution in [3.8, 4) is 0 Å². The third kappa shape index (κ3) is 0.903. The lowest BCUT2D eigenvalue weighted by atomic mass is 9.86. The van der Waals surface area contributed by atoms with E-state index in [9.17, 15) is 0 Å². The van der Waals surface area contributed by atoms with Gasteiger partial charge in [-0.1, -0.05) is 0 Å². The molecule has 0 aromatic carbocycles. The van der Waals surface area contributed by atoms with Gasteiger partial charge in [-0.05, 0) is 12.8 Å². The molecule has 0 N–H and O–H groups in total. The van der Waals surface area contributed by atoms with E-state index in [1.165, 1.54) is 25.9 Å². The Morgan fingerprint density at radius 3 is 1.50 bits per heavy atom. The van der Waals surface area contributed by atoms with Gasteiger partial charge in [0.15, 0.2) is 16.0 Å². The van der Waals surface area contributed by atoms with Gasteiger partial charge in [0.1, 0.15) is 0 Å². The minimum Gasteiger partial charge on any atom is -0.344 e. The van der Waals surface area contributed by atoms with Crippen molar-refractivity contribution in [3.63, 3.8) is 0 Å². The minimum atomic E-state index is 0.856. The smallest absolute Gasteiger partial charge is 0.185 e. The van der Waals surface area contributed by atoms with Gasteiger partial charge in [-0.25, -0.2) is 0 Å². The van der Waals surface area contributed by atoms with Crippen LogP contribution in [-0.2, 0) is 0 Å². The first-order valence-electron chi connectivity index (χ1n) is 4.18. The fraction of sp³-hybridized carbons (Fsp3) is 1.00. The Kier molecular flexibility index (Phi) is 1.53. The molecule has 10 heavy (non-hydrogen) atoms. The lowest BCUT2D eigenvalue weighted by Gasteiger charge is -2.49. The van der Waals surface area contributed by atoms with Gasteiger partial charge in [0.25, 0.3) is 0 Å². The van der Waals surface area contributed by atoms with Gasteiger partial charge in [0.2, 0.25) is 0 Å². The van der Waals surface area contributed by atoms with Gasteiger partial charge in [-0.3, -0.25) is 0 Å². The number of piperazine rings is 1. The zero-order valence-electron chi connectivity index (χ0n) is 6.88. The molecule has 4 heteroatoms. The number of nitrogens with zero attached hydrogens (tertiary/aromatic N) is 2. The first-order chi connectivity index (χ1) is 4.77. The molecular formula is C6H14B2N2. The highest BCUT2D eigenvalue weighted by Crippen LogP contribution is 2.25. The number of hydrogen-bond acceptors (Lipinski definition) is 2. The fourth-order valence-electron chi connectivity index (χ4n) is 2.25. The van der Waals surface area contributed by atoms with Gasteiger partial charge in [0, 0.05) is 25.2 Å². The molecule has 3 rings (SSSR count). The Bertz CT molecular complexity index is 126. The van der Waals surface area contributed by atoms with E-state index < -0.39 is 0 Å². The topological polar surface area (TPSA) is 6.48 Å². The van der Waals surface area contributed by atoms with Crippen molar-refractivity contribution >= 4 is 16.0 Å². The van der Waals surface area contributed by atoms with Crippen LogP contribution < -0.4 is 0 Å². The van der Waals surface area contributed by atoms with Gasteiger partial charge in [-0.2, -0.15) is 0 Å². The summed E-state index contributed by atoms with van der Waals surface area (Å²) in [4.78, 5) is 5.02. The summed E-state index contributed by atoms with van der Waals surface area (Å²) in [7, 11) is 4.51. The number of rotatable bonds is 0. The lowest BCUT2D eigenvalue weighted by molar-refractivity contribution is 0.0848.